The lowest BCUT2D eigenvalue weighted by molar-refractivity contribution is -0.225. The molecule has 0 radical (unpaired) electrons. The van der Waals surface area contributed by atoms with Crippen molar-refractivity contribution in [2.75, 3.05) is 30.8 Å². The van der Waals surface area contributed by atoms with Gasteiger partial charge in [0, 0.05) is 31.7 Å². The average Bonchev–Trinajstić information content (AvgIpc) is 3.21. The van der Waals surface area contributed by atoms with Crippen LogP contribution >= 0.6 is 0 Å². The van der Waals surface area contributed by atoms with Gasteiger partial charge in [0.25, 0.3) is 5.91 Å². The molecule has 4 rings (SSSR count). The summed E-state index contributed by atoms with van der Waals surface area (Å²) >= 11 is 0. The number of benzene rings is 1. The largest absolute Gasteiger partial charge is 0.391 e. The summed E-state index contributed by atoms with van der Waals surface area (Å²) in [6.45, 7) is 3.44. The maximum atomic E-state index is 13.5. The maximum Gasteiger partial charge on any atom is 0.391 e. The monoisotopic (exact) mass is 639 g/mol. The van der Waals surface area contributed by atoms with Gasteiger partial charge in [0.15, 0.2) is 0 Å². The molecular formula is C27H35F6N5O4S. The molecular weight excluding hydrogens is 604 g/mol. The van der Waals surface area contributed by atoms with E-state index in [0.717, 1.165) is 16.7 Å². The summed E-state index contributed by atoms with van der Waals surface area (Å²) in [6, 6.07) is 2.83. The first-order chi connectivity index (χ1) is 19.7. The molecule has 1 saturated heterocycles. The van der Waals surface area contributed by atoms with Crippen molar-refractivity contribution in [3.63, 3.8) is 0 Å². The molecule has 240 valence electrons. The number of primary amides is 1. The van der Waals surface area contributed by atoms with Crippen LogP contribution in [-0.2, 0) is 21.2 Å². The zero-order valence-electron chi connectivity index (χ0n) is 24.0. The van der Waals surface area contributed by atoms with Crippen LogP contribution in [0.3, 0.4) is 0 Å². The third-order valence-corrected chi connectivity index (χ3v) is 10.8. The van der Waals surface area contributed by atoms with Crippen LogP contribution in [0.2, 0.25) is 0 Å². The number of carbonyl (C=O) groups excluding carboxylic acids is 2. The van der Waals surface area contributed by atoms with Crippen LogP contribution < -0.4 is 16.0 Å². The molecule has 2 fully saturated rings. The van der Waals surface area contributed by atoms with E-state index in [1.165, 1.54) is 16.3 Å². The van der Waals surface area contributed by atoms with E-state index in [1.54, 1.807) is 26.0 Å². The van der Waals surface area contributed by atoms with Crippen molar-refractivity contribution in [2.24, 2.45) is 28.5 Å². The Balaban J connectivity index is 1.44. The molecule has 2 atom stereocenters. The highest BCUT2D eigenvalue weighted by molar-refractivity contribution is 7.89. The minimum Gasteiger partial charge on any atom is -0.351 e. The average molecular weight is 640 g/mol. The summed E-state index contributed by atoms with van der Waals surface area (Å²) in [6.07, 6.45) is -11.8. The van der Waals surface area contributed by atoms with E-state index in [9.17, 15) is 44.3 Å². The fourth-order valence-corrected chi connectivity index (χ4v) is 7.79. The van der Waals surface area contributed by atoms with Crippen molar-refractivity contribution in [3.05, 3.63) is 28.8 Å². The number of aliphatic imine (C=N–C) groups is 1. The Hall–Kier alpha value is -2.88. The third kappa shape index (κ3) is 6.94. The molecule has 2 aliphatic heterocycles. The molecule has 1 aromatic rings. The van der Waals surface area contributed by atoms with Crippen molar-refractivity contribution < 1.29 is 44.3 Å². The second kappa shape index (κ2) is 11.6. The minimum atomic E-state index is -4.82. The Morgan fingerprint density at radius 3 is 2.02 bits per heavy atom. The van der Waals surface area contributed by atoms with E-state index in [4.69, 9.17) is 5.73 Å². The highest BCUT2D eigenvalue weighted by Crippen LogP contribution is 2.48. The van der Waals surface area contributed by atoms with Crippen LogP contribution in [0.5, 0.6) is 0 Å². The second-order valence-corrected chi connectivity index (χ2v) is 13.9. The molecule has 2 unspecified atom stereocenters. The first-order valence-corrected chi connectivity index (χ1v) is 15.5. The summed E-state index contributed by atoms with van der Waals surface area (Å²) in [5.74, 6) is -6.61. The molecule has 1 aromatic carbocycles. The van der Waals surface area contributed by atoms with Gasteiger partial charge in [-0.15, -0.1) is 0 Å². The van der Waals surface area contributed by atoms with Crippen LogP contribution in [0.25, 0.3) is 0 Å². The van der Waals surface area contributed by atoms with Gasteiger partial charge in [-0.05, 0) is 81.2 Å². The second-order valence-electron chi connectivity index (χ2n) is 11.8. The number of nitrogens with one attached hydrogen (secondary N) is 1. The highest BCUT2D eigenvalue weighted by atomic mass is 32.2. The third-order valence-electron chi connectivity index (χ3n) is 8.97. The van der Waals surface area contributed by atoms with E-state index < -0.39 is 76.9 Å². The van der Waals surface area contributed by atoms with Gasteiger partial charge in [-0.1, -0.05) is 0 Å². The van der Waals surface area contributed by atoms with Crippen molar-refractivity contribution >= 4 is 33.5 Å². The number of piperidine rings is 1. The Bertz CT molecular complexity index is 1360. The van der Waals surface area contributed by atoms with Crippen molar-refractivity contribution in [1.82, 2.24) is 9.62 Å². The Morgan fingerprint density at radius 1 is 1.05 bits per heavy atom. The quantitative estimate of drug-likeness (QED) is 0.453. The lowest BCUT2D eigenvalue weighted by Gasteiger charge is -2.36. The fourth-order valence-electron chi connectivity index (χ4n) is 6.33. The number of hydrogen-bond acceptors (Lipinski definition) is 5. The van der Waals surface area contributed by atoms with E-state index in [1.807, 2.05) is 0 Å². The summed E-state index contributed by atoms with van der Waals surface area (Å²) in [7, 11) is -2.26. The molecule has 1 aliphatic carbocycles. The number of rotatable bonds is 6. The van der Waals surface area contributed by atoms with Gasteiger partial charge in [0.05, 0.1) is 17.6 Å². The van der Waals surface area contributed by atoms with Crippen molar-refractivity contribution in [2.45, 2.75) is 70.3 Å². The van der Waals surface area contributed by atoms with Crippen molar-refractivity contribution in [1.29, 1.82) is 0 Å². The van der Waals surface area contributed by atoms with Gasteiger partial charge in [-0.25, -0.2) is 17.5 Å². The molecule has 0 bridgehead atoms. The van der Waals surface area contributed by atoms with Gasteiger partial charge < -0.3 is 11.1 Å². The minimum absolute atomic E-state index is 0.0497. The fraction of sp³-hybridized carbons (Fsp3) is 0.667. The van der Waals surface area contributed by atoms with Crippen LogP contribution in [0.15, 0.2) is 17.1 Å². The SMILES string of the molecule is Cc1cc(N(C)C(N)=O)cc(C)c1CCS(=O)(=O)N1CCC2(CC1)N=C(C1CC(C(F)(F)F)CC(C(F)(F)F)C1)NC2=O. The van der Waals surface area contributed by atoms with E-state index >= 15 is 0 Å². The van der Waals surface area contributed by atoms with Crippen LogP contribution in [0.1, 0.15) is 48.8 Å². The lowest BCUT2D eigenvalue weighted by atomic mass is 9.74. The number of halogens is 6. The van der Waals surface area contributed by atoms with Gasteiger partial charge in [-0.2, -0.15) is 26.3 Å². The Morgan fingerprint density at radius 2 is 1.56 bits per heavy atom. The van der Waals surface area contributed by atoms with E-state index in [0.29, 0.717) is 5.69 Å². The van der Waals surface area contributed by atoms with Gasteiger partial charge in [-0.3, -0.25) is 14.7 Å². The first-order valence-electron chi connectivity index (χ1n) is 13.9. The molecule has 3 amide bonds. The van der Waals surface area contributed by atoms with Gasteiger partial charge in [0.2, 0.25) is 10.0 Å². The number of aryl methyl sites for hydroxylation is 2. The molecule has 2 heterocycles. The summed E-state index contributed by atoms with van der Waals surface area (Å²) in [5, 5.41) is 2.44. The number of carbonyl (C=O) groups is 2. The summed E-state index contributed by atoms with van der Waals surface area (Å²) in [5.41, 5.74) is 6.83. The first kappa shape index (κ1) is 33.0. The summed E-state index contributed by atoms with van der Waals surface area (Å²) in [4.78, 5) is 30.1. The van der Waals surface area contributed by atoms with Crippen LogP contribution in [0.4, 0.5) is 36.8 Å². The molecule has 3 N–H and O–H groups in total. The highest BCUT2D eigenvalue weighted by Gasteiger charge is 2.55. The summed E-state index contributed by atoms with van der Waals surface area (Å²) < 4.78 is 108. The number of amidine groups is 1. The van der Waals surface area contributed by atoms with Crippen LogP contribution in [0, 0.1) is 31.6 Å². The predicted molar refractivity (Wildman–Crippen MR) is 147 cm³/mol. The van der Waals surface area contributed by atoms with Crippen molar-refractivity contribution in [3.8, 4) is 0 Å². The van der Waals surface area contributed by atoms with Gasteiger partial charge >= 0.3 is 18.4 Å². The number of amides is 3. The van der Waals surface area contributed by atoms with E-state index in [-0.39, 0.29) is 43.9 Å². The number of alkyl halides is 6. The van der Waals surface area contributed by atoms with Crippen LogP contribution in [-0.4, -0.2) is 74.3 Å². The molecule has 3 aliphatic rings. The lowest BCUT2D eigenvalue weighted by Crippen LogP contribution is -2.51. The number of urea groups is 1. The number of nitrogens with zero attached hydrogens (tertiary/aromatic N) is 3. The molecule has 43 heavy (non-hydrogen) atoms. The molecule has 0 aromatic heterocycles. The molecule has 1 saturated carbocycles. The number of hydrogen-bond donors (Lipinski definition) is 2. The Kier molecular flexibility index (Phi) is 8.88. The molecule has 9 nitrogen and oxygen atoms in total. The zero-order valence-corrected chi connectivity index (χ0v) is 24.8. The number of anilines is 1. The topological polar surface area (TPSA) is 125 Å². The predicted octanol–water partition coefficient (Wildman–Crippen LogP) is 4.21. The number of sulfonamides is 1. The Labute approximate surface area is 245 Å². The molecule has 16 heteroatoms. The smallest absolute Gasteiger partial charge is 0.351 e. The normalized spacial score (nSPS) is 25.0. The van der Waals surface area contributed by atoms with Gasteiger partial charge in [0.1, 0.15) is 11.4 Å². The standard InChI is InChI=1S/C27H35F6N5O4S/c1-15-10-20(37(3)24(34)40)11-16(2)21(15)4-9-43(41,42)38-7-5-25(6-8-38)23(39)35-22(36-25)17-12-18(26(28,29)30)14-19(13-17)27(31,32)33/h10-11,17-19H,4-9,12-14H2,1-3H3,(H2,34,40)(H,35,36,39). The maximum absolute atomic E-state index is 13.5. The van der Waals surface area contributed by atoms with E-state index in [2.05, 4.69) is 10.3 Å². The molecule has 1 spiro atoms. The number of nitrogens with two attached hydrogens (primary N) is 1. The zero-order chi connectivity index (χ0) is 32.1.